The highest BCUT2D eigenvalue weighted by atomic mass is 16.2. The maximum absolute atomic E-state index is 12.5. The van der Waals surface area contributed by atoms with Crippen molar-refractivity contribution < 1.29 is 9.59 Å². The Hall–Kier alpha value is -2.56. The van der Waals surface area contributed by atoms with E-state index in [4.69, 9.17) is 0 Å². The Morgan fingerprint density at radius 2 is 1.68 bits per heavy atom. The lowest BCUT2D eigenvalue weighted by atomic mass is 10.2. The molecule has 0 bridgehead atoms. The second-order valence-electron chi connectivity index (χ2n) is 6.61. The number of aromatic nitrogens is 1. The molecule has 0 unspecified atom stereocenters. The molecule has 0 atom stereocenters. The van der Waals surface area contributed by atoms with Crippen LogP contribution in [0.5, 0.6) is 0 Å². The molecule has 1 heterocycles. The van der Waals surface area contributed by atoms with Crippen molar-refractivity contribution in [2.24, 2.45) is 5.92 Å². The third-order valence-corrected chi connectivity index (χ3v) is 4.27. The molecule has 2 aromatic rings. The van der Waals surface area contributed by atoms with Gasteiger partial charge in [0.25, 0.3) is 5.91 Å². The number of carbonyl (C=O) groups is 2. The summed E-state index contributed by atoms with van der Waals surface area (Å²) in [6.45, 7) is 10.5. The summed E-state index contributed by atoms with van der Waals surface area (Å²) in [5, 5.41) is 5.67. The zero-order valence-corrected chi connectivity index (χ0v) is 15.6. The van der Waals surface area contributed by atoms with E-state index < -0.39 is 0 Å². The second-order valence-corrected chi connectivity index (χ2v) is 6.61. The van der Waals surface area contributed by atoms with E-state index in [0.29, 0.717) is 18.7 Å². The van der Waals surface area contributed by atoms with E-state index in [2.05, 4.69) is 34.3 Å². The molecule has 0 saturated heterocycles. The van der Waals surface area contributed by atoms with Crippen molar-refractivity contribution in [1.82, 2.24) is 15.2 Å². The number of rotatable bonds is 6. The second kappa shape index (κ2) is 8.01. The fourth-order valence-electron chi connectivity index (χ4n) is 2.84. The topological polar surface area (TPSA) is 63.1 Å². The molecule has 0 aliphatic heterocycles. The first-order chi connectivity index (χ1) is 11.8. The molecule has 0 aliphatic rings. The van der Waals surface area contributed by atoms with E-state index in [1.807, 2.05) is 45.9 Å². The number of carbonyl (C=O) groups excluding carboxylic acids is 2. The molecule has 2 rings (SSSR count). The molecule has 0 aliphatic carbocycles. The molecule has 5 heteroatoms. The molecule has 2 N–H and O–H groups in total. The van der Waals surface area contributed by atoms with Crippen LogP contribution in [0.4, 0.5) is 0 Å². The van der Waals surface area contributed by atoms with Crippen molar-refractivity contribution in [2.75, 3.05) is 13.1 Å². The van der Waals surface area contributed by atoms with Crippen LogP contribution in [0.3, 0.4) is 0 Å². The van der Waals surface area contributed by atoms with Crippen LogP contribution in [0.25, 0.3) is 5.69 Å². The van der Waals surface area contributed by atoms with Gasteiger partial charge in [0.2, 0.25) is 5.91 Å². The number of aryl methyl sites for hydroxylation is 2. The highest BCUT2D eigenvalue weighted by molar-refractivity contribution is 5.96. The first-order valence-corrected chi connectivity index (χ1v) is 8.63. The molecule has 25 heavy (non-hydrogen) atoms. The highest BCUT2D eigenvalue weighted by Crippen LogP contribution is 2.23. The quantitative estimate of drug-likeness (QED) is 0.794. The van der Waals surface area contributed by atoms with Crippen molar-refractivity contribution in [3.63, 3.8) is 0 Å². The summed E-state index contributed by atoms with van der Waals surface area (Å²) in [7, 11) is 0. The van der Waals surface area contributed by atoms with Gasteiger partial charge in [-0.25, -0.2) is 0 Å². The Balaban J connectivity index is 2.08. The van der Waals surface area contributed by atoms with Crippen molar-refractivity contribution in [3.05, 3.63) is 52.8 Å². The molecule has 134 valence electrons. The average molecular weight is 341 g/mol. The molecular formula is C20H27N3O2. The number of hydrogen-bond donors (Lipinski definition) is 2. The zero-order chi connectivity index (χ0) is 18.6. The lowest BCUT2D eigenvalue weighted by Gasteiger charge is -2.13. The highest BCUT2D eigenvalue weighted by Gasteiger charge is 2.17. The summed E-state index contributed by atoms with van der Waals surface area (Å²) in [5.74, 6) is -0.178. The molecule has 0 fully saturated rings. The Morgan fingerprint density at radius 3 is 2.32 bits per heavy atom. The molecule has 2 amide bonds. The van der Waals surface area contributed by atoms with Gasteiger partial charge >= 0.3 is 0 Å². The third kappa shape index (κ3) is 4.29. The number of para-hydroxylation sites is 1. The van der Waals surface area contributed by atoms with Gasteiger partial charge in [-0.2, -0.15) is 0 Å². The molecule has 5 nitrogen and oxygen atoms in total. The van der Waals surface area contributed by atoms with Crippen LogP contribution in [0.2, 0.25) is 0 Å². The van der Waals surface area contributed by atoms with E-state index in [0.717, 1.165) is 22.6 Å². The lowest BCUT2D eigenvalue weighted by Crippen LogP contribution is -2.36. The van der Waals surface area contributed by atoms with Gasteiger partial charge in [0.1, 0.15) is 0 Å². The van der Waals surface area contributed by atoms with E-state index in [1.165, 1.54) is 0 Å². The maximum atomic E-state index is 12.5. The molecule has 0 saturated carbocycles. The van der Waals surface area contributed by atoms with Gasteiger partial charge in [0.05, 0.1) is 5.56 Å². The lowest BCUT2D eigenvalue weighted by molar-refractivity contribution is -0.123. The minimum Gasteiger partial charge on any atom is -0.354 e. The minimum absolute atomic E-state index is 0.00743. The standard InChI is InChI=1S/C20H27N3O2/c1-13(2)19(24)21-10-11-22-20(25)17-12-15(4)23(16(17)5)18-9-7-6-8-14(18)3/h6-9,12-13H,10-11H2,1-5H3,(H,21,24)(H,22,25). The number of amides is 2. The van der Waals surface area contributed by atoms with E-state index >= 15 is 0 Å². The summed E-state index contributed by atoms with van der Waals surface area (Å²) in [6.07, 6.45) is 0. The molecule has 1 aromatic carbocycles. The number of hydrogen-bond acceptors (Lipinski definition) is 2. The average Bonchev–Trinajstić information content (AvgIpc) is 2.86. The predicted molar refractivity (Wildman–Crippen MR) is 100 cm³/mol. The van der Waals surface area contributed by atoms with Gasteiger partial charge in [-0.3, -0.25) is 9.59 Å². The first-order valence-electron chi connectivity index (χ1n) is 8.63. The van der Waals surface area contributed by atoms with Gasteiger partial charge in [-0.15, -0.1) is 0 Å². The summed E-state index contributed by atoms with van der Waals surface area (Å²) in [4.78, 5) is 24.0. The van der Waals surface area contributed by atoms with Crippen LogP contribution in [0, 0.1) is 26.7 Å². The summed E-state index contributed by atoms with van der Waals surface area (Å²) >= 11 is 0. The monoisotopic (exact) mass is 341 g/mol. The van der Waals surface area contributed by atoms with Crippen LogP contribution in [0.15, 0.2) is 30.3 Å². The van der Waals surface area contributed by atoms with Crippen LogP contribution < -0.4 is 10.6 Å². The Bertz CT molecular complexity index is 775. The number of nitrogens with zero attached hydrogens (tertiary/aromatic N) is 1. The van der Waals surface area contributed by atoms with E-state index in [-0.39, 0.29) is 17.7 Å². The molecule has 1 aromatic heterocycles. The van der Waals surface area contributed by atoms with Crippen LogP contribution in [-0.4, -0.2) is 29.5 Å². The van der Waals surface area contributed by atoms with Crippen LogP contribution >= 0.6 is 0 Å². The SMILES string of the molecule is Cc1ccccc1-n1c(C)cc(C(=O)NCCNC(=O)C(C)C)c1C. The van der Waals surface area contributed by atoms with E-state index in [1.54, 1.807) is 0 Å². The van der Waals surface area contributed by atoms with Crippen LogP contribution in [-0.2, 0) is 4.79 Å². The molecule has 0 radical (unpaired) electrons. The smallest absolute Gasteiger partial charge is 0.253 e. The fraction of sp³-hybridized carbons (Fsp3) is 0.400. The maximum Gasteiger partial charge on any atom is 0.253 e. The Labute approximate surface area is 149 Å². The molecule has 0 spiro atoms. The minimum atomic E-state index is -0.119. The summed E-state index contributed by atoms with van der Waals surface area (Å²) < 4.78 is 2.10. The molecular weight excluding hydrogens is 314 g/mol. The van der Waals surface area contributed by atoms with Gasteiger partial charge in [-0.05, 0) is 38.5 Å². The van der Waals surface area contributed by atoms with Gasteiger partial charge in [0.15, 0.2) is 0 Å². The van der Waals surface area contributed by atoms with Gasteiger partial charge < -0.3 is 15.2 Å². The normalized spacial score (nSPS) is 10.8. The van der Waals surface area contributed by atoms with Crippen molar-refractivity contribution in [2.45, 2.75) is 34.6 Å². The summed E-state index contributed by atoms with van der Waals surface area (Å²) in [5.41, 5.74) is 4.84. The Kier molecular flexibility index (Phi) is 6.02. The number of benzene rings is 1. The van der Waals surface area contributed by atoms with E-state index in [9.17, 15) is 9.59 Å². The van der Waals surface area contributed by atoms with Crippen molar-refractivity contribution in [3.8, 4) is 5.69 Å². The third-order valence-electron chi connectivity index (χ3n) is 4.27. The van der Waals surface area contributed by atoms with Crippen molar-refractivity contribution in [1.29, 1.82) is 0 Å². The van der Waals surface area contributed by atoms with Gasteiger partial charge in [0, 0.05) is 36.1 Å². The number of nitrogens with one attached hydrogen (secondary N) is 2. The predicted octanol–water partition coefficient (Wildman–Crippen LogP) is 2.90. The largest absolute Gasteiger partial charge is 0.354 e. The van der Waals surface area contributed by atoms with Crippen molar-refractivity contribution >= 4 is 11.8 Å². The Morgan fingerprint density at radius 1 is 1.04 bits per heavy atom. The fourth-order valence-corrected chi connectivity index (χ4v) is 2.84. The first kappa shape index (κ1) is 18.8. The van der Waals surface area contributed by atoms with Crippen LogP contribution in [0.1, 0.15) is 41.2 Å². The zero-order valence-electron chi connectivity index (χ0n) is 15.6. The summed E-state index contributed by atoms with van der Waals surface area (Å²) in [6, 6.07) is 10.0. The van der Waals surface area contributed by atoms with Gasteiger partial charge in [-0.1, -0.05) is 32.0 Å².